The van der Waals surface area contributed by atoms with Crippen LogP contribution in [-0.4, -0.2) is 72.2 Å². The van der Waals surface area contributed by atoms with Crippen molar-refractivity contribution in [1.29, 1.82) is 0 Å². The average molecular weight is 456 g/mol. The van der Waals surface area contributed by atoms with Crippen molar-refractivity contribution < 1.29 is 23.9 Å². The fourth-order valence-corrected chi connectivity index (χ4v) is 4.49. The molecule has 2 aliphatic rings. The number of benzene rings is 2. The Labute approximate surface area is 193 Å². The summed E-state index contributed by atoms with van der Waals surface area (Å²) in [6.07, 6.45) is -0.778. The summed E-state index contributed by atoms with van der Waals surface area (Å²) in [7, 11) is 1.60. The summed E-state index contributed by atoms with van der Waals surface area (Å²) in [6.45, 7) is 7.75. The topological polar surface area (TPSA) is 94.4 Å². The van der Waals surface area contributed by atoms with Crippen LogP contribution in [0.1, 0.15) is 25.5 Å². The van der Waals surface area contributed by atoms with Crippen LogP contribution in [0.5, 0.6) is 11.5 Å². The van der Waals surface area contributed by atoms with Crippen LogP contribution in [0, 0.1) is 10.1 Å². The Morgan fingerprint density at radius 2 is 1.82 bits per heavy atom. The molecule has 176 valence electrons. The molecular weight excluding hydrogens is 426 g/mol. The first-order chi connectivity index (χ1) is 15.8. The number of amides is 1. The van der Waals surface area contributed by atoms with E-state index in [-0.39, 0.29) is 23.2 Å². The zero-order valence-corrected chi connectivity index (χ0v) is 19.1. The van der Waals surface area contributed by atoms with Crippen LogP contribution in [0.25, 0.3) is 0 Å². The Balaban J connectivity index is 1.60. The van der Waals surface area contributed by atoms with E-state index >= 15 is 0 Å². The maximum Gasteiger partial charge on any atom is 0.273 e. The third kappa shape index (κ3) is 4.79. The Bertz CT molecular complexity index is 1020. The molecular formula is C24H29N3O6. The highest BCUT2D eigenvalue weighted by molar-refractivity contribution is 5.89. The van der Waals surface area contributed by atoms with Crippen LogP contribution >= 0.6 is 0 Å². The first kappa shape index (κ1) is 23.0. The van der Waals surface area contributed by atoms with Gasteiger partial charge in [0.2, 0.25) is 6.10 Å². The summed E-state index contributed by atoms with van der Waals surface area (Å²) in [6, 6.07) is 13.2. The van der Waals surface area contributed by atoms with Crippen molar-refractivity contribution in [2.45, 2.75) is 31.5 Å². The third-order valence-electron chi connectivity index (χ3n) is 6.30. The standard InChI is InChI=1S/C24H29N3O6/c1-24(2,25-10-12-32-13-11-25)16-26-21(17-6-4-8-19(14-17)31-3)22(23(26)28)33-20-9-5-7-18(15-20)27(29)30/h4-9,14-15,21-22H,10-13,16H2,1-3H3/t21-,22-/m0/s1. The molecule has 0 unspecified atom stereocenters. The lowest BCUT2D eigenvalue weighted by atomic mass is 9.87. The Kier molecular flexibility index (Phi) is 6.53. The molecule has 0 aliphatic carbocycles. The molecule has 2 fully saturated rings. The second kappa shape index (κ2) is 9.36. The Morgan fingerprint density at radius 3 is 2.52 bits per heavy atom. The number of rotatable bonds is 8. The van der Waals surface area contributed by atoms with E-state index in [0.29, 0.717) is 31.3 Å². The van der Waals surface area contributed by atoms with Gasteiger partial charge in [0.05, 0.1) is 31.3 Å². The summed E-state index contributed by atoms with van der Waals surface area (Å²) in [5.41, 5.74) is 0.553. The fourth-order valence-electron chi connectivity index (χ4n) is 4.49. The smallest absolute Gasteiger partial charge is 0.273 e. The highest BCUT2D eigenvalue weighted by Crippen LogP contribution is 2.40. The number of hydrogen-bond acceptors (Lipinski definition) is 7. The van der Waals surface area contributed by atoms with Crippen molar-refractivity contribution in [1.82, 2.24) is 9.80 Å². The van der Waals surface area contributed by atoms with Crippen molar-refractivity contribution in [3.05, 3.63) is 64.2 Å². The number of methoxy groups -OCH3 is 1. The molecule has 4 rings (SSSR count). The molecule has 2 atom stereocenters. The van der Waals surface area contributed by atoms with Gasteiger partial charge in [-0.25, -0.2) is 0 Å². The van der Waals surface area contributed by atoms with Crippen molar-refractivity contribution in [2.24, 2.45) is 0 Å². The van der Waals surface area contributed by atoms with E-state index in [2.05, 4.69) is 18.7 Å². The predicted octanol–water partition coefficient (Wildman–Crippen LogP) is 3.05. The second-order valence-electron chi connectivity index (χ2n) is 8.89. The average Bonchev–Trinajstić information content (AvgIpc) is 2.83. The summed E-state index contributed by atoms with van der Waals surface area (Å²) >= 11 is 0. The van der Waals surface area contributed by atoms with E-state index in [1.54, 1.807) is 19.2 Å². The maximum absolute atomic E-state index is 13.3. The van der Waals surface area contributed by atoms with E-state index in [9.17, 15) is 14.9 Å². The monoisotopic (exact) mass is 455 g/mol. The van der Waals surface area contributed by atoms with Crippen molar-refractivity contribution in [2.75, 3.05) is 40.0 Å². The van der Waals surface area contributed by atoms with Gasteiger partial charge < -0.3 is 19.1 Å². The first-order valence-electron chi connectivity index (χ1n) is 11.0. The number of ether oxygens (including phenoxy) is 3. The van der Waals surface area contributed by atoms with E-state index in [1.807, 2.05) is 29.2 Å². The molecule has 9 nitrogen and oxygen atoms in total. The van der Waals surface area contributed by atoms with Crippen LogP contribution in [0.4, 0.5) is 5.69 Å². The molecule has 1 amide bonds. The number of carbonyl (C=O) groups is 1. The lowest BCUT2D eigenvalue weighted by Gasteiger charge is -2.52. The number of non-ortho nitro benzene ring substituents is 1. The molecule has 33 heavy (non-hydrogen) atoms. The maximum atomic E-state index is 13.3. The van der Waals surface area contributed by atoms with Crippen LogP contribution in [0.3, 0.4) is 0 Å². The van der Waals surface area contributed by atoms with Crippen molar-refractivity contribution >= 4 is 11.6 Å². The number of hydrogen-bond donors (Lipinski definition) is 0. The summed E-state index contributed by atoms with van der Waals surface area (Å²) in [5, 5.41) is 11.1. The van der Waals surface area contributed by atoms with E-state index in [4.69, 9.17) is 14.2 Å². The minimum Gasteiger partial charge on any atom is -0.497 e. The van der Waals surface area contributed by atoms with Gasteiger partial charge in [0, 0.05) is 31.2 Å². The lowest BCUT2D eigenvalue weighted by Crippen LogP contribution is -2.66. The van der Waals surface area contributed by atoms with E-state index in [0.717, 1.165) is 18.7 Å². The van der Waals surface area contributed by atoms with Gasteiger partial charge in [-0.3, -0.25) is 19.8 Å². The normalized spacial score (nSPS) is 21.4. The highest BCUT2D eigenvalue weighted by atomic mass is 16.6. The molecule has 0 bridgehead atoms. The van der Waals surface area contributed by atoms with Gasteiger partial charge >= 0.3 is 0 Å². The number of likely N-dealkylation sites (tertiary alicyclic amines) is 1. The van der Waals surface area contributed by atoms with Gasteiger partial charge in [0.1, 0.15) is 17.5 Å². The number of β-lactam (4-membered cyclic amide) rings is 1. The molecule has 2 aromatic carbocycles. The van der Waals surface area contributed by atoms with Crippen LogP contribution in [0.15, 0.2) is 48.5 Å². The highest BCUT2D eigenvalue weighted by Gasteiger charge is 2.52. The summed E-state index contributed by atoms with van der Waals surface area (Å²) < 4.78 is 16.9. The van der Waals surface area contributed by atoms with Crippen LogP contribution in [-0.2, 0) is 9.53 Å². The Hall–Kier alpha value is -3.17. The molecule has 0 N–H and O–H groups in total. The van der Waals surface area contributed by atoms with Gasteiger partial charge in [-0.15, -0.1) is 0 Å². The zero-order valence-electron chi connectivity index (χ0n) is 19.1. The SMILES string of the molecule is COc1cccc([C@H]2[C@H](Oc3cccc([N+](=O)[O-])c3)C(=O)N2CC(C)(C)N2CCOCC2)c1. The number of nitro groups is 1. The molecule has 2 heterocycles. The summed E-state index contributed by atoms with van der Waals surface area (Å²) in [4.78, 5) is 28.1. The third-order valence-corrected chi connectivity index (χ3v) is 6.30. The van der Waals surface area contributed by atoms with E-state index in [1.165, 1.54) is 12.1 Å². The number of carbonyl (C=O) groups excluding carboxylic acids is 1. The van der Waals surface area contributed by atoms with Crippen LogP contribution < -0.4 is 9.47 Å². The van der Waals surface area contributed by atoms with Crippen molar-refractivity contribution in [3.8, 4) is 11.5 Å². The minimum absolute atomic E-state index is 0.0810. The van der Waals surface area contributed by atoms with E-state index < -0.39 is 11.0 Å². The first-order valence-corrected chi connectivity index (χ1v) is 11.0. The lowest BCUT2D eigenvalue weighted by molar-refractivity contribution is -0.385. The van der Waals surface area contributed by atoms with Gasteiger partial charge in [0.15, 0.2) is 0 Å². The quantitative estimate of drug-likeness (QED) is 0.343. The molecule has 2 aromatic rings. The predicted molar refractivity (Wildman–Crippen MR) is 121 cm³/mol. The van der Waals surface area contributed by atoms with Gasteiger partial charge in [-0.1, -0.05) is 18.2 Å². The van der Waals surface area contributed by atoms with Gasteiger partial charge in [-0.2, -0.15) is 0 Å². The largest absolute Gasteiger partial charge is 0.497 e. The molecule has 0 saturated carbocycles. The van der Waals surface area contributed by atoms with Crippen molar-refractivity contribution in [3.63, 3.8) is 0 Å². The summed E-state index contributed by atoms with van der Waals surface area (Å²) in [5.74, 6) is 0.839. The number of morpholine rings is 1. The molecule has 9 heteroatoms. The molecule has 0 aromatic heterocycles. The second-order valence-corrected chi connectivity index (χ2v) is 8.89. The fraction of sp³-hybridized carbons (Fsp3) is 0.458. The minimum atomic E-state index is -0.778. The number of nitro benzene ring substituents is 1. The molecule has 2 aliphatic heterocycles. The van der Waals surface area contributed by atoms with Gasteiger partial charge in [-0.05, 0) is 37.6 Å². The molecule has 0 radical (unpaired) electrons. The zero-order chi connectivity index (χ0) is 23.6. The Morgan fingerprint density at radius 1 is 1.12 bits per heavy atom. The number of nitrogens with zero attached hydrogens (tertiary/aromatic N) is 3. The molecule has 2 saturated heterocycles. The molecule has 0 spiro atoms. The van der Waals surface area contributed by atoms with Crippen LogP contribution in [0.2, 0.25) is 0 Å². The van der Waals surface area contributed by atoms with Gasteiger partial charge in [0.25, 0.3) is 11.6 Å².